The van der Waals surface area contributed by atoms with E-state index in [2.05, 4.69) is 187 Å². The quantitative estimate of drug-likeness (QED) is 0.166. The Hall–Kier alpha value is -7.89. The van der Waals surface area contributed by atoms with E-state index in [1.165, 1.54) is 48.7 Å². The van der Waals surface area contributed by atoms with Crippen molar-refractivity contribution in [2.75, 3.05) is 4.90 Å². The van der Waals surface area contributed by atoms with Crippen LogP contribution in [0.2, 0.25) is 0 Å². The summed E-state index contributed by atoms with van der Waals surface area (Å²) in [6.07, 6.45) is 1.71. The smallest absolute Gasteiger partial charge is 0.164 e. The Bertz CT molecular complexity index is 3720. The molecule has 0 fully saturated rings. The summed E-state index contributed by atoms with van der Waals surface area (Å²) in [5.41, 5.74) is 7.19. The van der Waals surface area contributed by atoms with Gasteiger partial charge in [0.15, 0.2) is 17.5 Å². The first-order chi connectivity index (χ1) is 31.2. The molecule has 0 saturated carbocycles. The average molecular weight is 811 g/mol. The number of para-hydroxylation sites is 2. The molecule has 1 aliphatic rings. The maximum Gasteiger partial charge on any atom is 0.164 e. The van der Waals surface area contributed by atoms with Gasteiger partial charge in [0.05, 0.1) is 17.1 Å². The lowest BCUT2D eigenvalue weighted by Crippen LogP contribution is -2.31. The zero-order chi connectivity index (χ0) is 42.0. The third-order valence-electron chi connectivity index (χ3n) is 12.9. The predicted octanol–water partition coefficient (Wildman–Crippen LogP) is 15.7. The van der Waals surface area contributed by atoms with Gasteiger partial charge >= 0.3 is 0 Å². The van der Waals surface area contributed by atoms with Gasteiger partial charge in [-0.15, -0.1) is 0 Å². The molecule has 1 unspecified atom stereocenters. The van der Waals surface area contributed by atoms with Crippen LogP contribution in [0.5, 0.6) is 0 Å². The number of rotatable bonds is 4. The Morgan fingerprint density at radius 1 is 0.444 bits per heavy atom. The van der Waals surface area contributed by atoms with Crippen molar-refractivity contribution in [2.45, 2.75) is 32.7 Å². The van der Waals surface area contributed by atoms with Crippen LogP contribution in [-0.4, -0.2) is 15.0 Å². The lowest BCUT2D eigenvalue weighted by molar-refractivity contribution is 0.572. The molecule has 1 aliphatic heterocycles. The largest absolute Gasteiger partial charge is 0.456 e. The molecule has 1 atom stereocenters. The second kappa shape index (κ2) is 14.9. The third-order valence-corrected chi connectivity index (χ3v) is 12.9. The second-order valence-corrected chi connectivity index (χ2v) is 16.2. The van der Waals surface area contributed by atoms with Crippen LogP contribution >= 0.6 is 0 Å². The maximum atomic E-state index is 6.47. The molecule has 0 saturated heterocycles. The number of furan rings is 1. The first-order valence-electron chi connectivity index (χ1n) is 22.0. The zero-order valence-corrected chi connectivity index (χ0v) is 35.1. The van der Waals surface area contributed by atoms with E-state index in [1.54, 1.807) is 0 Å². The fraction of sp³-hybridized carbons (Fsp3) is 0.0862. The predicted molar refractivity (Wildman–Crippen MR) is 263 cm³/mol. The molecule has 10 aromatic carbocycles. The van der Waals surface area contributed by atoms with E-state index in [9.17, 15) is 0 Å². The molecule has 12 aromatic rings. The molecule has 5 heteroatoms. The highest BCUT2D eigenvalue weighted by atomic mass is 16.3. The van der Waals surface area contributed by atoms with Crippen molar-refractivity contribution in [2.24, 2.45) is 0 Å². The SMILES string of the molecule is CC.c1ccc2c(c1)CCC(c1nc(-c3ccc4c5ccccc5c5ccccc5c4c3)nc(-c3cccc4ccc5ccccc5c34)n1)N2c1cccc2oc3ccccc3c12. The second-order valence-electron chi connectivity index (χ2n) is 16.2. The molecule has 5 nitrogen and oxygen atoms in total. The van der Waals surface area contributed by atoms with Crippen LogP contribution in [-0.2, 0) is 6.42 Å². The Kier molecular flexibility index (Phi) is 8.75. The van der Waals surface area contributed by atoms with E-state index in [4.69, 9.17) is 19.4 Å². The molecule has 300 valence electrons. The zero-order valence-electron chi connectivity index (χ0n) is 35.1. The number of benzene rings is 10. The summed E-state index contributed by atoms with van der Waals surface area (Å²) in [5, 5.41) is 14.1. The Morgan fingerprint density at radius 2 is 1.03 bits per heavy atom. The number of aromatic nitrogens is 3. The highest BCUT2D eigenvalue weighted by molar-refractivity contribution is 6.25. The number of fused-ring (bicyclic) bond motifs is 13. The van der Waals surface area contributed by atoms with Crippen LogP contribution in [0.4, 0.5) is 11.4 Å². The summed E-state index contributed by atoms with van der Waals surface area (Å²) in [7, 11) is 0. The van der Waals surface area contributed by atoms with Gasteiger partial charge in [-0.1, -0.05) is 172 Å². The van der Waals surface area contributed by atoms with Gasteiger partial charge in [0.1, 0.15) is 11.2 Å². The summed E-state index contributed by atoms with van der Waals surface area (Å²) in [5.74, 6) is 2.05. The Balaban J connectivity index is 0.00000208. The van der Waals surface area contributed by atoms with Crippen LogP contribution in [0.25, 0.3) is 98.6 Å². The molecule has 2 aromatic heterocycles. The monoisotopic (exact) mass is 810 g/mol. The van der Waals surface area contributed by atoms with Gasteiger partial charge in [0.2, 0.25) is 0 Å². The number of nitrogens with zero attached hydrogens (tertiary/aromatic N) is 4. The third kappa shape index (κ3) is 5.88. The molecule has 3 heterocycles. The van der Waals surface area contributed by atoms with Crippen molar-refractivity contribution in [3.8, 4) is 22.8 Å². The van der Waals surface area contributed by atoms with Crippen molar-refractivity contribution in [3.05, 3.63) is 199 Å². The molecule has 63 heavy (non-hydrogen) atoms. The molecule has 0 aliphatic carbocycles. The number of anilines is 2. The van der Waals surface area contributed by atoms with Gasteiger partial charge in [-0.3, -0.25) is 0 Å². The maximum absolute atomic E-state index is 6.47. The molecule has 13 rings (SSSR count). The average Bonchev–Trinajstić information content (AvgIpc) is 3.75. The minimum atomic E-state index is -0.202. The van der Waals surface area contributed by atoms with Gasteiger partial charge in [-0.25, -0.2) is 15.0 Å². The van der Waals surface area contributed by atoms with Crippen LogP contribution < -0.4 is 4.90 Å². The van der Waals surface area contributed by atoms with Gasteiger partial charge < -0.3 is 9.32 Å². The Labute approximate surface area is 364 Å². The van der Waals surface area contributed by atoms with E-state index in [0.29, 0.717) is 11.6 Å². The van der Waals surface area contributed by atoms with E-state index in [-0.39, 0.29) is 6.04 Å². The number of hydrogen-bond donors (Lipinski definition) is 0. The summed E-state index contributed by atoms with van der Waals surface area (Å²) in [6, 6.07) is 66.9. The standard InChI is InChI=1S/C56H36N4O.C2H6/c1-3-16-38-34(13-1)27-28-36-15-11-22-45(52(36)38)55-57-54(37-29-31-43-41-19-5-4-17-39(41)40-18-6-7-20-42(40)46(43)33-37)58-56(59-55)49-32-30-35-14-2-9-23-47(35)60(49)48-24-12-26-51-53(48)44-21-8-10-25-50(44)61-51;1-2/h1-29,31,33,49H,30,32H2;1-2H3. The summed E-state index contributed by atoms with van der Waals surface area (Å²) in [4.78, 5) is 19.0. The summed E-state index contributed by atoms with van der Waals surface area (Å²) < 4.78 is 6.47. The van der Waals surface area contributed by atoms with Crippen molar-refractivity contribution >= 4 is 87.2 Å². The Morgan fingerprint density at radius 3 is 1.84 bits per heavy atom. The van der Waals surface area contributed by atoms with Crippen LogP contribution in [0.3, 0.4) is 0 Å². The minimum absolute atomic E-state index is 0.202. The number of hydrogen-bond acceptors (Lipinski definition) is 5. The fourth-order valence-corrected chi connectivity index (χ4v) is 10.1. The van der Waals surface area contributed by atoms with Gasteiger partial charge in [-0.2, -0.15) is 0 Å². The van der Waals surface area contributed by atoms with E-state index in [0.717, 1.165) is 73.9 Å². The van der Waals surface area contributed by atoms with E-state index < -0.39 is 0 Å². The van der Waals surface area contributed by atoms with Crippen molar-refractivity contribution < 1.29 is 4.42 Å². The summed E-state index contributed by atoms with van der Waals surface area (Å²) in [6.45, 7) is 4.00. The van der Waals surface area contributed by atoms with E-state index in [1.807, 2.05) is 19.9 Å². The normalized spacial score (nSPS) is 13.9. The minimum Gasteiger partial charge on any atom is -0.456 e. The van der Waals surface area contributed by atoms with Crippen molar-refractivity contribution in [3.63, 3.8) is 0 Å². The van der Waals surface area contributed by atoms with Gasteiger partial charge in [0.25, 0.3) is 0 Å². The fourth-order valence-electron chi connectivity index (χ4n) is 10.1. The van der Waals surface area contributed by atoms with Crippen molar-refractivity contribution in [1.82, 2.24) is 15.0 Å². The van der Waals surface area contributed by atoms with Crippen LogP contribution in [0.15, 0.2) is 192 Å². The van der Waals surface area contributed by atoms with Crippen LogP contribution in [0.1, 0.15) is 37.7 Å². The van der Waals surface area contributed by atoms with Crippen molar-refractivity contribution in [1.29, 1.82) is 0 Å². The lowest BCUT2D eigenvalue weighted by Gasteiger charge is -2.38. The van der Waals surface area contributed by atoms with E-state index >= 15 is 0 Å². The highest BCUT2D eigenvalue weighted by Gasteiger charge is 2.33. The van der Waals surface area contributed by atoms with Gasteiger partial charge in [-0.05, 0) is 97.2 Å². The summed E-state index contributed by atoms with van der Waals surface area (Å²) >= 11 is 0. The molecule has 0 amide bonds. The molecular formula is C58H42N4O. The topological polar surface area (TPSA) is 55.1 Å². The first-order valence-corrected chi connectivity index (χ1v) is 22.0. The molecule has 0 bridgehead atoms. The lowest BCUT2D eigenvalue weighted by atomic mass is 9.92. The molecular weight excluding hydrogens is 769 g/mol. The molecule has 0 radical (unpaired) electrons. The van der Waals surface area contributed by atoms with Gasteiger partial charge in [0, 0.05) is 27.6 Å². The first kappa shape index (κ1) is 36.9. The van der Waals surface area contributed by atoms with Crippen LogP contribution in [0, 0.1) is 0 Å². The number of aryl methyl sites for hydroxylation is 1. The highest BCUT2D eigenvalue weighted by Crippen LogP contribution is 2.48. The molecule has 0 N–H and O–H groups in total. The molecule has 0 spiro atoms.